The van der Waals surface area contributed by atoms with E-state index in [9.17, 15) is 4.39 Å². The van der Waals surface area contributed by atoms with Crippen molar-refractivity contribution < 1.29 is 4.39 Å². The lowest BCUT2D eigenvalue weighted by Crippen LogP contribution is -2.17. The lowest BCUT2D eigenvalue weighted by Gasteiger charge is -2.12. The predicted molar refractivity (Wildman–Crippen MR) is 67.3 cm³/mol. The molecule has 15 heavy (non-hydrogen) atoms. The molecule has 0 bridgehead atoms. The van der Waals surface area contributed by atoms with Crippen LogP contribution in [0.2, 0.25) is 6.04 Å². The second kappa shape index (κ2) is 6.56. The molecule has 0 aliphatic carbocycles. The van der Waals surface area contributed by atoms with Crippen molar-refractivity contribution in [2.45, 2.75) is 31.9 Å². The largest absolute Gasteiger partial charge is 0.218 e. The molecule has 0 spiro atoms. The maximum absolute atomic E-state index is 13.2. The van der Waals surface area contributed by atoms with Gasteiger partial charge in [0.05, 0.1) is 5.45 Å². The summed E-state index contributed by atoms with van der Waals surface area (Å²) in [4.78, 5) is 0. The fraction of sp³-hybridized carbons (Fsp3) is 0.385. The highest BCUT2D eigenvalue weighted by Gasteiger charge is 2.14. The average molecular weight is 222 g/mol. The monoisotopic (exact) mass is 222 g/mol. The fourth-order valence-corrected chi connectivity index (χ4v) is 4.20. The maximum Gasteiger partial charge on any atom is 0.111 e. The molecule has 0 aliphatic heterocycles. The van der Waals surface area contributed by atoms with Gasteiger partial charge in [0.2, 0.25) is 0 Å². The van der Waals surface area contributed by atoms with Gasteiger partial charge in [0, 0.05) is 0 Å². The van der Waals surface area contributed by atoms with Crippen molar-refractivity contribution in [3.63, 3.8) is 0 Å². The van der Waals surface area contributed by atoms with Crippen molar-refractivity contribution in [2.24, 2.45) is 0 Å². The maximum atomic E-state index is 13.2. The first kappa shape index (κ1) is 12.2. The molecule has 1 unspecified atom stereocenters. The molecule has 0 nitrogen and oxygen atoms in total. The summed E-state index contributed by atoms with van der Waals surface area (Å²) >= 11 is 0. The summed E-state index contributed by atoms with van der Waals surface area (Å²) in [6, 6.07) is 12.1. The Morgan fingerprint density at radius 3 is 2.53 bits per heavy atom. The van der Waals surface area contributed by atoms with E-state index in [1.165, 1.54) is 5.56 Å². The zero-order valence-electron chi connectivity index (χ0n) is 9.38. The molecule has 1 aromatic rings. The third-order valence-electron chi connectivity index (χ3n) is 2.67. The third-order valence-corrected chi connectivity index (χ3v) is 5.63. The van der Waals surface area contributed by atoms with Gasteiger partial charge in [-0.05, 0) is 6.04 Å². The summed E-state index contributed by atoms with van der Waals surface area (Å²) in [6.45, 7) is 5.65. The number of hydrogen-bond acceptors (Lipinski definition) is 0. The predicted octanol–water partition coefficient (Wildman–Crippen LogP) is 3.82. The highest BCUT2D eigenvalue weighted by molar-refractivity contribution is 6.65. The molecule has 1 aromatic carbocycles. The van der Waals surface area contributed by atoms with Crippen molar-refractivity contribution >= 4 is 8.80 Å². The Hall–Kier alpha value is -0.893. The van der Waals surface area contributed by atoms with Gasteiger partial charge in [0.25, 0.3) is 0 Å². The van der Waals surface area contributed by atoms with E-state index >= 15 is 0 Å². The van der Waals surface area contributed by atoms with Gasteiger partial charge in [-0.25, -0.2) is 4.39 Å². The number of benzene rings is 1. The van der Waals surface area contributed by atoms with Gasteiger partial charge in [-0.15, -0.1) is 0 Å². The summed E-state index contributed by atoms with van der Waals surface area (Å²) in [5, 5.41) is 0. The van der Waals surface area contributed by atoms with Crippen LogP contribution in [0.4, 0.5) is 4.39 Å². The van der Waals surface area contributed by atoms with Gasteiger partial charge in [-0.2, -0.15) is 0 Å². The molecule has 2 heteroatoms. The SMILES string of the molecule is C=C(F)[SiH](CCCC)Cc1ccccc1. The fourth-order valence-electron chi connectivity index (χ4n) is 1.72. The molecular formula is C13H19FSi. The minimum Gasteiger partial charge on any atom is -0.218 e. The summed E-state index contributed by atoms with van der Waals surface area (Å²) in [5.41, 5.74) is 1.22. The molecule has 82 valence electrons. The molecule has 0 saturated heterocycles. The summed E-state index contributed by atoms with van der Waals surface area (Å²) in [6.07, 6.45) is 2.28. The number of hydrogen-bond donors (Lipinski definition) is 0. The molecule has 0 radical (unpaired) electrons. The molecule has 0 saturated carbocycles. The van der Waals surface area contributed by atoms with E-state index in [0.29, 0.717) is 0 Å². The van der Waals surface area contributed by atoms with Crippen molar-refractivity contribution in [3.05, 3.63) is 47.9 Å². The summed E-state index contributed by atoms with van der Waals surface area (Å²) < 4.78 is 13.2. The molecule has 0 amide bonds. The standard InChI is InChI=1S/C13H19FSi/c1-3-4-10-15(12(2)14)11-13-8-6-5-7-9-13/h5-9,15H,2-4,10-11H2,1H3. The number of halogens is 1. The second-order valence-electron chi connectivity index (χ2n) is 3.98. The van der Waals surface area contributed by atoms with Gasteiger partial charge >= 0.3 is 0 Å². The highest BCUT2D eigenvalue weighted by atomic mass is 28.3. The van der Waals surface area contributed by atoms with Crippen LogP contribution in [0, 0.1) is 0 Å². The summed E-state index contributed by atoms with van der Waals surface area (Å²) in [7, 11) is -1.41. The smallest absolute Gasteiger partial charge is 0.111 e. The zero-order chi connectivity index (χ0) is 11.1. The minimum absolute atomic E-state index is 0.0349. The molecule has 0 fully saturated rings. The molecule has 1 rings (SSSR count). The van der Waals surface area contributed by atoms with E-state index in [1.807, 2.05) is 18.2 Å². The van der Waals surface area contributed by atoms with E-state index < -0.39 is 8.80 Å². The van der Waals surface area contributed by atoms with Gasteiger partial charge in [0.1, 0.15) is 8.80 Å². The molecule has 0 aliphatic rings. The Labute approximate surface area is 93.4 Å². The van der Waals surface area contributed by atoms with Crippen LogP contribution < -0.4 is 0 Å². The van der Waals surface area contributed by atoms with E-state index in [4.69, 9.17) is 0 Å². The number of unbranched alkanes of at least 4 members (excludes halogenated alkanes) is 1. The van der Waals surface area contributed by atoms with Crippen LogP contribution in [0.15, 0.2) is 42.4 Å². The highest BCUT2D eigenvalue weighted by Crippen LogP contribution is 2.15. The lowest BCUT2D eigenvalue weighted by atomic mass is 10.2. The average Bonchev–Trinajstić information content (AvgIpc) is 2.25. The van der Waals surface area contributed by atoms with Crippen LogP contribution >= 0.6 is 0 Å². The quantitative estimate of drug-likeness (QED) is 0.642. The second-order valence-corrected chi connectivity index (χ2v) is 6.98. The molecule has 0 aromatic heterocycles. The van der Waals surface area contributed by atoms with E-state index in [2.05, 4.69) is 25.6 Å². The Morgan fingerprint density at radius 1 is 1.33 bits per heavy atom. The minimum atomic E-state index is -1.41. The zero-order valence-corrected chi connectivity index (χ0v) is 10.5. The molecule has 1 atom stereocenters. The van der Waals surface area contributed by atoms with E-state index in [1.54, 1.807) is 0 Å². The van der Waals surface area contributed by atoms with E-state index in [-0.39, 0.29) is 5.45 Å². The normalized spacial score (nSPS) is 12.4. The summed E-state index contributed by atoms with van der Waals surface area (Å²) in [5.74, 6) is 0. The Bertz CT molecular complexity index is 295. The van der Waals surface area contributed by atoms with Crippen LogP contribution in [0.1, 0.15) is 25.3 Å². The number of rotatable bonds is 6. The van der Waals surface area contributed by atoms with Crippen LogP contribution in [-0.4, -0.2) is 8.80 Å². The topological polar surface area (TPSA) is 0 Å². The van der Waals surface area contributed by atoms with Crippen LogP contribution in [0.25, 0.3) is 0 Å². The van der Waals surface area contributed by atoms with Gasteiger partial charge < -0.3 is 0 Å². The van der Waals surface area contributed by atoms with Crippen LogP contribution in [0.5, 0.6) is 0 Å². The Balaban J connectivity index is 2.55. The van der Waals surface area contributed by atoms with Gasteiger partial charge in [-0.3, -0.25) is 0 Å². The Morgan fingerprint density at radius 2 is 2.00 bits per heavy atom. The molecular weight excluding hydrogens is 203 g/mol. The first-order valence-electron chi connectivity index (χ1n) is 5.62. The Kier molecular flexibility index (Phi) is 5.33. The van der Waals surface area contributed by atoms with E-state index in [0.717, 1.165) is 24.9 Å². The lowest BCUT2D eigenvalue weighted by molar-refractivity contribution is 0.684. The first-order valence-corrected chi connectivity index (χ1v) is 7.83. The van der Waals surface area contributed by atoms with Crippen molar-refractivity contribution in [3.8, 4) is 0 Å². The van der Waals surface area contributed by atoms with Gasteiger partial charge in [-0.1, -0.05) is 68.3 Å². The van der Waals surface area contributed by atoms with Crippen molar-refractivity contribution in [2.75, 3.05) is 0 Å². The molecule has 0 heterocycles. The third kappa shape index (κ3) is 4.43. The first-order chi connectivity index (χ1) is 7.24. The van der Waals surface area contributed by atoms with Crippen LogP contribution in [0.3, 0.4) is 0 Å². The molecule has 0 N–H and O–H groups in total. The van der Waals surface area contributed by atoms with Crippen LogP contribution in [-0.2, 0) is 6.04 Å². The van der Waals surface area contributed by atoms with Crippen molar-refractivity contribution in [1.29, 1.82) is 0 Å². The van der Waals surface area contributed by atoms with Gasteiger partial charge in [0.15, 0.2) is 0 Å². The van der Waals surface area contributed by atoms with Crippen molar-refractivity contribution in [1.82, 2.24) is 0 Å².